The van der Waals surface area contributed by atoms with Crippen LogP contribution in [-0.4, -0.2) is 46.9 Å². The van der Waals surface area contributed by atoms with Crippen molar-refractivity contribution in [2.24, 2.45) is 17.5 Å². The zero-order valence-electron chi connectivity index (χ0n) is 22.1. The van der Waals surface area contributed by atoms with Gasteiger partial charge in [-0.15, -0.1) is 0 Å². The quantitative estimate of drug-likeness (QED) is 0.242. The number of benzene rings is 2. The van der Waals surface area contributed by atoms with E-state index in [0.29, 0.717) is 17.7 Å². The van der Waals surface area contributed by atoms with E-state index in [4.69, 9.17) is 11.6 Å². The third kappa shape index (κ3) is 4.15. The summed E-state index contributed by atoms with van der Waals surface area (Å²) in [6.45, 7) is 4.62. The van der Waals surface area contributed by atoms with Crippen molar-refractivity contribution in [3.63, 3.8) is 0 Å². The number of nitrogens with two attached hydrogens (primary N) is 2. The van der Waals surface area contributed by atoms with E-state index in [-0.39, 0.29) is 17.0 Å². The van der Waals surface area contributed by atoms with Gasteiger partial charge in [0.2, 0.25) is 0 Å². The minimum atomic E-state index is -0.0958. The van der Waals surface area contributed by atoms with Gasteiger partial charge in [-0.05, 0) is 80.5 Å². The lowest BCUT2D eigenvalue weighted by Crippen LogP contribution is -2.48. The summed E-state index contributed by atoms with van der Waals surface area (Å²) in [5.41, 5.74) is 10.3. The molecular weight excluding hydrogens is 458 g/mol. The Morgan fingerprint density at radius 2 is 1.70 bits per heavy atom. The summed E-state index contributed by atoms with van der Waals surface area (Å²) in [5.74, 6) is 7.27. The van der Waals surface area contributed by atoms with Crippen LogP contribution in [0.2, 0.25) is 0 Å². The fourth-order valence-corrected chi connectivity index (χ4v) is 7.73. The minimum Gasteiger partial charge on any atom is -0.393 e. The lowest BCUT2D eigenvalue weighted by molar-refractivity contribution is -0.129. The van der Waals surface area contributed by atoms with E-state index in [1.807, 2.05) is 42.2 Å². The number of likely N-dealkylation sites (tertiary alicyclic amines) is 2. The van der Waals surface area contributed by atoms with Crippen molar-refractivity contribution >= 4 is 11.6 Å². The van der Waals surface area contributed by atoms with Crippen LogP contribution < -0.4 is 16.6 Å². The van der Waals surface area contributed by atoms with Crippen LogP contribution >= 0.6 is 0 Å². The number of hydrogen-bond acceptors (Lipinski definition) is 5. The fourth-order valence-electron chi connectivity index (χ4n) is 7.73. The molecule has 1 spiro atoms. The Labute approximate surface area is 221 Å². The molecule has 6 heteroatoms. The normalized spacial score (nSPS) is 30.0. The molecule has 1 amide bonds. The second-order valence-electron chi connectivity index (χ2n) is 11.6. The summed E-state index contributed by atoms with van der Waals surface area (Å²) < 4.78 is 0. The SMILES string of the molecule is CC/C(=C(/N)C(=O)N1CCC(CCN2C3CCCC4CC432)(c2ccccc2)CC1)N(N)c1ccccc1. The van der Waals surface area contributed by atoms with Gasteiger partial charge in [0, 0.05) is 24.7 Å². The van der Waals surface area contributed by atoms with Gasteiger partial charge < -0.3 is 10.6 Å². The van der Waals surface area contributed by atoms with E-state index in [2.05, 4.69) is 35.2 Å². The molecule has 4 fully saturated rings. The molecule has 6 rings (SSSR count). The lowest BCUT2D eigenvalue weighted by Gasteiger charge is -2.43. The zero-order valence-corrected chi connectivity index (χ0v) is 22.1. The smallest absolute Gasteiger partial charge is 0.271 e. The highest BCUT2D eigenvalue weighted by Crippen LogP contribution is 2.70. The van der Waals surface area contributed by atoms with Gasteiger partial charge in [-0.25, -0.2) is 5.84 Å². The van der Waals surface area contributed by atoms with Crippen LogP contribution in [0.5, 0.6) is 0 Å². The number of carbonyl (C=O) groups is 1. The van der Waals surface area contributed by atoms with Crippen molar-refractivity contribution in [2.75, 3.05) is 24.6 Å². The summed E-state index contributed by atoms with van der Waals surface area (Å²) in [4.78, 5) is 18.3. The number of para-hydroxylation sites is 1. The van der Waals surface area contributed by atoms with E-state index in [1.165, 1.54) is 44.2 Å². The summed E-state index contributed by atoms with van der Waals surface area (Å²) in [5, 5.41) is 1.56. The van der Waals surface area contributed by atoms with Gasteiger partial charge in [-0.2, -0.15) is 0 Å². The van der Waals surface area contributed by atoms with Crippen LogP contribution in [0.1, 0.15) is 63.9 Å². The number of nitrogens with zero attached hydrogens (tertiary/aromatic N) is 3. The van der Waals surface area contributed by atoms with E-state index < -0.39 is 0 Å². The molecule has 0 bridgehead atoms. The van der Waals surface area contributed by atoms with Crippen molar-refractivity contribution in [3.05, 3.63) is 77.6 Å². The molecule has 0 radical (unpaired) electrons. The maximum absolute atomic E-state index is 13.5. The van der Waals surface area contributed by atoms with Crippen LogP contribution in [0.15, 0.2) is 72.1 Å². The number of hydrogen-bond donors (Lipinski definition) is 2. The minimum absolute atomic E-state index is 0.0958. The predicted octanol–water partition coefficient (Wildman–Crippen LogP) is 4.52. The second kappa shape index (κ2) is 9.48. The lowest BCUT2D eigenvalue weighted by atomic mass is 9.70. The molecule has 4 unspecified atom stereocenters. The molecule has 196 valence electrons. The van der Waals surface area contributed by atoms with Crippen LogP contribution in [0.4, 0.5) is 5.69 Å². The molecule has 2 aromatic rings. The van der Waals surface area contributed by atoms with Gasteiger partial charge in [0.05, 0.1) is 11.4 Å². The topological polar surface area (TPSA) is 78.6 Å². The highest BCUT2D eigenvalue weighted by Gasteiger charge is 2.76. The highest BCUT2D eigenvalue weighted by atomic mass is 16.2. The molecule has 4 N–H and O–H groups in total. The first kappa shape index (κ1) is 24.5. The van der Waals surface area contributed by atoms with Crippen LogP contribution in [-0.2, 0) is 10.2 Å². The molecule has 2 aliphatic heterocycles. The molecule has 6 nitrogen and oxygen atoms in total. The first-order valence-electron chi connectivity index (χ1n) is 14.2. The average Bonchev–Trinajstić information content (AvgIpc) is 3.84. The first-order chi connectivity index (χ1) is 18.0. The molecule has 2 saturated carbocycles. The van der Waals surface area contributed by atoms with Gasteiger partial charge >= 0.3 is 0 Å². The van der Waals surface area contributed by atoms with E-state index >= 15 is 0 Å². The molecule has 2 heterocycles. The molecule has 37 heavy (non-hydrogen) atoms. The third-order valence-corrected chi connectivity index (χ3v) is 10.00. The number of rotatable bonds is 8. The Kier molecular flexibility index (Phi) is 6.28. The average molecular weight is 500 g/mol. The number of carbonyl (C=O) groups excluding carboxylic acids is 1. The fraction of sp³-hybridized carbons (Fsp3) is 0.516. The van der Waals surface area contributed by atoms with Gasteiger partial charge in [0.25, 0.3) is 5.91 Å². The predicted molar refractivity (Wildman–Crippen MR) is 148 cm³/mol. The number of allylic oxidation sites excluding steroid dienone is 1. The molecule has 2 saturated heterocycles. The van der Waals surface area contributed by atoms with Crippen LogP contribution in [0.3, 0.4) is 0 Å². The molecule has 4 aliphatic rings. The van der Waals surface area contributed by atoms with Gasteiger partial charge in [-0.3, -0.25) is 14.7 Å². The van der Waals surface area contributed by atoms with E-state index in [9.17, 15) is 4.79 Å². The molecular formula is C31H41N5O. The summed E-state index contributed by atoms with van der Waals surface area (Å²) in [6.07, 6.45) is 9.37. The number of piperidine rings is 1. The van der Waals surface area contributed by atoms with Crippen molar-refractivity contribution in [3.8, 4) is 0 Å². The maximum atomic E-state index is 13.5. The van der Waals surface area contributed by atoms with Crippen molar-refractivity contribution in [1.29, 1.82) is 0 Å². The van der Waals surface area contributed by atoms with Crippen LogP contribution in [0, 0.1) is 5.92 Å². The van der Waals surface area contributed by atoms with Crippen molar-refractivity contribution < 1.29 is 4.79 Å². The standard InChI is InChI=1S/C31H41N5O/c1-2-26(36(33)25-13-7-4-8-14-25)28(32)29(37)34-19-16-30(17-20-34,23-10-5-3-6-11-23)18-21-35-27-15-9-12-24-22-31(24,27)35/h3-8,10-11,13-14,24,27H,2,9,12,15-22,32-33H2,1H3/b28-26-. The monoisotopic (exact) mass is 499 g/mol. The van der Waals surface area contributed by atoms with Crippen molar-refractivity contribution in [1.82, 2.24) is 9.80 Å². The maximum Gasteiger partial charge on any atom is 0.271 e. The summed E-state index contributed by atoms with van der Waals surface area (Å²) in [6, 6.07) is 21.5. The Morgan fingerprint density at radius 3 is 2.35 bits per heavy atom. The zero-order chi connectivity index (χ0) is 25.6. The number of hydrazine groups is 1. The highest BCUT2D eigenvalue weighted by molar-refractivity contribution is 5.94. The van der Waals surface area contributed by atoms with E-state index in [0.717, 1.165) is 43.6 Å². The Bertz CT molecular complexity index is 1160. The molecule has 2 aromatic carbocycles. The van der Waals surface area contributed by atoms with Crippen molar-refractivity contribution in [2.45, 2.75) is 75.3 Å². The molecule has 4 atom stereocenters. The van der Waals surface area contributed by atoms with E-state index in [1.54, 1.807) is 5.01 Å². The molecule has 2 aliphatic carbocycles. The molecule has 0 aromatic heterocycles. The Balaban J connectivity index is 1.16. The summed E-state index contributed by atoms with van der Waals surface area (Å²) in [7, 11) is 0. The Morgan fingerprint density at radius 1 is 1.03 bits per heavy atom. The number of amides is 1. The summed E-state index contributed by atoms with van der Waals surface area (Å²) >= 11 is 0. The largest absolute Gasteiger partial charge is 0.393 e. The third-order valence-electron chi connectivity index (χ3n) is 10.00. The van der Waals surface area contributed by atoms with Gasteiger partial charge in [0.1, 0.15) is 5.70 Å². The Hall–Kier alpha value is -2.83. The second-order valence-corrected chi connectivity index (χ2v) is 11.6. The first-order valence-corrected chi connectivity index (χ1v) is 14.2. The van der Waals surface area contributed by atoms with Gasteiger partial charge in [-0.1, -0.05) is 61.9 Å². The number of anilines is 1. The van der Waals surface area contributed by atoms with Gasteiger partial charge in [0.15, 0.2) is 0 Å². The van der Waals surface area contributed by atoms with Crippen LogP contribution in [0.25, 0.3) is 0 Å².